The lowest BCUT2D eigenvalue weighted by Gasteiger charge is -2.15. The second kappa shape index (κ2) is 10.7. The minimum Gasteiger partial charge on any atom is -0.264 e. The summed E-state index contributed by atoms with van der Waals surface area (Å²) in [6, 6.07) is 50.7. The molecular formula is C42H26N4. The molecule has 4 heteroatoms. The van der Waals surface area contributed by atoms with Gasteiger partial charge in [-0.3, -0.25) is 4.98 Å². The van der Waals surface area contributed by atoms with Gasteiger partial charge in [-0.2, -0.15) is 0 Å². The van der Waals surface area contributed by atoms with Crippen molar-refractivity contribution >= 4 is 10.8 Å². The van der Waals surface area contributed by atoms with Crippen molar-refractivity contribution in [1.29, 1.82) is 0 Å². The van der Waals surface area contributed by atoms with E-state index in [2.05, 4.69) is 89.9 Å². The van der Waals surface area contributed by atoms with Crippen LogP contribution in [0.25, 0.3) is 89.4 Å². The summed E-state index contributed by atoms with van der Waals surface area (Å²) in [4.78, 5) is 19.2. The number of hydrogen-bond acceptors (Lipinski definition) is 4. The molecule has 0 saturated heterocycles. The van der Waals surface area contributed by atoms with Crippen molar-refractivity contribution in [2.75, 3.05) is 0 Å². The van der Waals surface area contributed by atoms with Crippen LogP contribution in [0.15, 0.2) is 158 Å². The third kappa shape index (κ3) is 4.31. The van der Waals surface area contributed by atoms with Gasteiger partial charge in [-0.05, 0) is 55.8 Å². The molecule has 0 saturated carbocycles. The highest BCUT2D eigenvalue weighted by atomic mass is 15.0. The summed E-state index contributed by atoms with van der Waals surface area (Å²) in [5.41, 5.74) is 12.5. The van der Waals surface area contributed by atoms with Gasteiger partial charge in [0.15, 0.2) is 17.5 Å². The van der Waals surface area contributed by atoms with E-state index in [1.807, 2.05) is 73.1 Å². The van der Waals surface area contributed by atoms with Gasteiger partial charge < -0.3 is 0 Å². The Balaban J connectivity index is 1.19. The van der Waals surface area contributed by atoms with E-state index in [1.54, 1.807) is 0 Å². The molecule has 1 aliphatic rings. The molecule has 0 N–H and O–H groups in total. The molecule has 2 aromatic heterocycles. The SMILES string of the molecule is c1ccc(-c2nc(-c3ccccc3)nc(-c3ccc(-c4ccc5c6c(cccc46)-c4cnccc4-c4ccccc4-5)cc3)n2)cc1. The van der Waals surface area contributed by atoms with Crippen molar-refractivity contribution in [3.8, 4) is 78.7 Å². The summed E-state index contributed by atoms with van der Waals surface area (Å²) in [5.74, 6) is 1.96. The molecule has 0 spiro atoms. The highest BCUT2D eigenvalue weighted by Gasteiger charge is 2.22. The molecule has 9 rings (SSSR count). The quantitative estimate of drug-likeness (QED) is 0.206. The van der Waals surface area contributed by atoms with Crippen LogP contribution in [0, 0.1) is 0 Å². The topological polar surface area (TPSA) is 51.6 Å². The average Bonchev–Trinajstić information content (AvgIpc) is 3.26. The Labute approximate surface area is 266 Å². The summed E-state index contributed by atoms with van der Waals surface area (Å²) in [6.45, 7) is 0. The average molecular weight is 587 g/mol. The first-order chi connectivity index (χ1) is 22.8. The van der Waals surface area contributed by atoms with Crippen molar-refractivity contribution in [2.45, 2.75) is 0 Å². The molecule has 6 aromatic carbocycles. The lowest BCUT2D eigenvalue weighted by molar-refractivity contribution is 1.07. The molecule has 0 fully saturated rings. The molecular weight excluding hydrogens is 560 g/mol. The number of rotatable bonds is 4. The number of pyridine rings is 1. The Morgan fingerprint density at radius 1 is 0.304 bits per heavy atom. The zero-order valence-corrected chi connectivity index (χ0v) is 24.8. The standard InChI is InChI=1S/C42H26N4/c1-3-10-28(11-4-1)40-44-41(29-12-5-2-6-13-29)46-42(45-40)30-20-18-27(19-21-30)31-22-23-37-33-15-8-7-14-32(33)34-24-25-43-26-38(34)36-17-9-16-35(31)39(36)37/h1-26H. The summed E-state index contributed by atoms with van der Waals surface area (Å²) >= 11 is 0. The minimum absolute atomic E-state index is 0.647. The normalized spacial score (nSPS) is 11.5. The van der Waals surface area contributed by atoms with E-state index in [0.29, 0.717) is 17.5 Å². The van der Waals surface area contributed by atoms with E-state index in [-0.39, 0.29) is 0 Å². The molecule has 2 heterocycles. The van der Waals surface area contributed by atoms with Gasteiger partial charge in [-0.25, -0.2) is 15.0 Å². The van der Waals surface area contributed by atoms with E-state index >= 15 is 0 Å². The predicted molar refractivity (Wildman–Crippen MR) is 187 cm³/mol. The van der Waals surface area contributed by atoms with Gasteiger partial charge >= 0.3 is 0 Å². The van der Waals surface area contributed by atoms with Crippen LogP contribution in [0.4, 0.5) is 0 Å². The Bertz CT molecular complexity index is 2290. The largest absolute Gasteiger partial charge is 0.264 e. The zero-order valence-electron chi connectivity index (χ0n) is 24.8. The molecule has 8 aromatic rings. The number of fused-ring (bicyclic) bond motifs is 5. The van der Waals surface area contributed by atoms with Crippen LogP contribution < -0.4 is 0 Å². The molecule has 0 amide bonds. The fourth-order valence-electron chi connectivity index (χ4n) is 6.64. The summed E-state index contributed by atoms with van der Waals surface area (Å²) in [5, 5.41) is 2.47. The molecule has 214 valence electrons. The lowest BCUT2D eigenvalue weighted by Crippen LogP contribution is -2.00. The van der Waals surface area contributed by atoms with Gasteiger partial charge in [0, 0.05) is 34.6 Å². The Hall–Kier alpha value is -6.26. The maximum atomic E-state index is 4.92. The first kappa shape index (κ1) is 26.2. The third-order valence-electron chi connectivity index (χ3n) is 8.81. The molecule has 46 heavy (non-hydrogen) atoms. The first-order valence-corrected chi connectivity index (χ1v) is 15.4. The van der Waals surface area contributed by atoms with Crippen molar-refractivity contribution in [2.24, 2.45) is 0 Å². The summed E-state index contributed by atoms with van der Waals surface area (Å²) < 4.78 is 0. The van der Waals surface area contributed by atoms with E-state index < -0.39 is 0 Å². The van der Waals surface area contributed by atoms with Crippen LogP contribution >= 0.6 is 0 Å². The highest BCUT2D eigenvalue weighted by Crippen LogP contribution is 2.48. The fourth-order valence-corrected chi connectivity index (χ4v) is 6.64. The highest BCUT2D eigenvalue weighted by molar-refractivity contribution is 6.16. The summed E-state index contributed by atoms with van der Waals surface area (Å²) in [7, 11) is 0. The van der Waals surface area contributed by atoms with Gasteiger partial charge in [0.05, 0.1) is 0 Å². The number of hydrogen-bond donors (Lipinski definition) is 0. The van der Waals surface area contributed by atoms with Crippen molar-refractivity contribution in [1.82, 2.24) is 19.9 Å². The third-order valence-corrected chi connectivity index (χ3v) is 8.81. The van der Waals surface area contributed by atoms with Gasteiger partial charge in [0.1, 0.15) is 0 Å². The molecule has 0 atom stereocenters. The van der Waals surface area contributed by atoms with Crippen LogP contribution in [0.2, 0.25) is 0 Å². The first-order valence-electron chi connectivity index (χ1n) is 15.4. The predicted octanol–water partition coefficient (Wildman–Crippen LogP) is 10.4. The smallest absolute Gasteiger partial charge is 0.164 e. The molecule has 4 nitrogen and oxygen atoms in total. The molecule has 0 aliphatic heterocycles. The maximum Gasteiger partial charge on any atom is 0.164 e. The van der Waals surface area contributed by atoms with E-state index in [4.69, 9.17) is 15.0 Å². The second-order valence-corrected chi connectivity index (χ2v) is 11.5. The van der Waals surface area contributed by atoms with Crippen LogP contribution in [0.1, 0.15) is 0 Å². The van der Waals surface area contributed by atoms with Crippen LogP contribution in [-0.4, -0.2) is 19.9 Å². The Morgan fingerprint density at radius 2 is 0.783 bits per heavy atom. The summed E-state index contributed by atoms with van der Waals surface area (Å²) in [6.07, 6.45) is 3.89. The van der Waals surface area contributed by atoms with Crippen molar-refractivity contribution in [3.63, 3.8) is 0 Å². The van der Waals surface area contributed by atoms with Crippen LogP contribution in [0.5, 0.6) is 0 Å². The monoisotopic (exact) mass is 586 g/mol. The molecule has 0 radical (unpaired) electrons. The van der Waals surface area contributed by atoms with Gasteiger partial charge in [0.2, 0.25) is 0 Å². The minimum atomic E-state index is 0.647. The lowest BCUT2D eigenvalue weighted by atomic mass is 9.89. The van der Waals surface area contributed by atoms with E-state index in [1.165, 1.54) is 44.2 Å². The van der Waals surface area contributed by atoms with Crippen LogP contribution in [-0.2, 0) is 0 Å². The van der Waals surface area contributed by atoms with Crippen LogP contribution in [0.3, 0.4) is 0 Å². The second-order valence-electron chi connectivity index (χ2n) is 11.5. The number of nitrogens with zero attached hydrogens (tertiary/aromatic N) is 4. The molecule has 0 bridgehead atoms. The van der Waals surface area contributed by atoms with Gasteiger partial charge in [-0.1, -0.05) is 140 Å². The molecule has 1 aliphatic carbocycles. The fraction of sp³-hybridized carbons (Fsp3) is 0. The van der Waals surface area contributed by atoms with Gasteiger partial charge in [0.25, 0.3) is 0 Å². The number of benzene rings is 6. The number of aromatic nitrogens is 4. The zero-order chi connectivity index (χ0) is 30.5. The van der Waals surface area contributed by atoms with E-state index in [0.717, 1.165) is 27.8 Å². The van der Waals surface area contributed by atoms with Crippen molar-refractivity contribution in [3.05, 3.63) is 158 Å². The van der Waals surface area contributed by atoms with Crippen molar-refractivity contribution < 1.29 is 0 Å². The molecule has 0 unspecified atom stereocenters. The van der Waals surface area contributed by atoms with E-state index in [9.17, 15) is 0 Å². The Morgan fingerprint density at radius 3 is 1.43 bits per heavy atom. The van der Waals surface area contributed by atoms with Gasteiger partial charge in [-0.15, -0.1) is 0 Å². The maximum absolute atomic E-state index is 4.92. The Kier molecular flexibility index (Phi) is 6.10.